The Balaban J connectivity index is 2.40. The summed E-state index contributed by atoms with van der Waals surface area (Å²) in [6.07, 6.45) is 1.48. The second kappa shape index (κ2) is 6.24. The van der Waals surface area contributed by atoms with Crippen LogP contribution < -0.4 is 0 Å². The number of rotatable bonds is 4. The van der Waals surface area contributed by atoms with Crippen molar-refractivity contribution in [3.8, 4) is 0 Å². The number of carboxylic acids is 2. The minimum absolute atomic E-state index is 0.106. The van der Waals surface area contributed by atoms with Crippen molar-refractivity contribution in [2.75, 3.05) is 0 Å². The molecule has 2 aromatic carbocycles. The van der Waals surface area contributed by atoms with Crippen LogP contribution in [0.25, 0.3) is 11.6 Å². The summed E-state index contributed by atoms with van der Waals surface area (Å²) in [6, 6.07) is 12.4. The molecule has 21 heavy (non-hydrogen) atoms. The molecule has 106 valence electrons. The normalized spacial score (nSPS) is 11.2. The zero-order valence-corrected chi connectivity index (χ0v) is 11.5. The molecule has 2 rings (SSSR count). The molecule has 0 saturated carbocycles. The minimum atomic E-state index is -1.07. The molecule has 4 nitrogen and oxygen atoms in total. The first-order valence-corrected chi connectivity index (χ1v) is 6.39. The highest BCUT2D eigenvalue weighted by Gasteiger charge is 2.10. The molecule has 0 aromatic heterocycles. The molecule has 0 bridgehead atoms. The SMILES string of the molecule is O=C(O)/C(=C\c1ccc(C(=O)O)cc1)c1ccc(Cl)cc1. The monoisotopic (exact) mass is 302 g/mol. The highest BCUT2D eigenvalue weighted by molar-refractivity contribution is 6.30. The molecule has 0 heterocycles. The summed E-state index contributed by atoms with van der Waals surface area (Å²) in [5, 5.41) is 18.7. The molecule has 0 radical (unpaired) electrons. The van der Waals surface area contributed by atoms with Crippen molar-refractivity contribution in [3.05, 3.63) is 70.2 Å². The van der Waals surface area contributed by atoms with Crippen molar-refractivity contribution < 1.29 is 19.8 Å². The highest BCUT2D eigenvalue weighted by atomic mass is 35.5. The summed E-state index contributed by atoms with van der Waals surface area (Å²) >= 11 is 5.78. The summed E-state index contributed by atoms with van der Waals surface area (Å²) in [6.45, 7) is 0. The maximum Gasteiger partial charge on any atom is 0.336 e. The van der Waals surface area contributed by atoms with E-state index in [1.54, 1.807) is 36.4 Å². The average molecular weight is 303 g/mol. The number of halogens is 1. The first-order valence-electron chi connectivity index (χ1n) is 6.01. The molecule has 0 saturated heterocycles. The number of hydrogen-bond donors (Lipinski definition) is 2. The van der Waals surface area contributed by atoms with Gasteiger partial charge in [0.15, 0.2) is 0 Å². The van der Waals surface area contributed by atoms with E-state index in [1.165, 1.54) is 18.2 Å². The fraction of sp³-hybridized carbons (Fsp3) is 0. The summed E-state index contributed by atoms with van der Waals surface area (Å²) < 4.78 is 0. The highest BCUT2D eigenvalue weighted by Crippen LogP contribution is 2.21. The van der Waals surface area contributed by atoms with Crippen molar-refractivity contribution in [2.24, 2.45) is 0 Å². The number of hydrogen-bond acceptors (Lipinski definition) is 2. The summed E-state index contributed by atoms with van der Waals surface area (Å²) in [5.74, 6) is -2.10. The third-order valence-corrected chi connectivity index (χ3v) is 3.11. The van der Waals surface area contributed by atoms with E-state index in [0.29, 0.717) is 16.1 Å². The minimum Gasteiger partial charge on any atom is -0.478 e. The Hall–Kier alpha value is -2.59. The van der Waals surface area contributed by atoms with Gasteiger partial charge < -0.3 is 10.2 Å². The van der Waals surface area contributed by atoms with E-state index in [-0.39, 0.29) is 11.1 Å². The molecule has 0 spiro atoms. The molecule has 0 amide bonds. The van der Waals surface area contributed by atoms with E-state index < -0.39 is 11.9 Å². The van der Waals surface area contributed by atoms with Gasteiger partial charge in [-0.3, -0.25) is 0 Å². The molecular weight excluding hydrogens is 292 g/mol. The van der Waals surface area contributed by atoms with Gasteiger partial charge in [-0.1, -0.05) is 35.9 Å². The molecule has 0 unspecified atom stereocenters. The van der Waals surface area contributed by atoms with Gasteiger partial charge in [0.1, 0.15) is 0 Å². The predicted molar refractivity (Wildman–Crippen MR) is 80.4 cm³/mol. The summed E-state index contributed by atoms with van der Waals surface area (Å²) in [7, 11) is 0. The first-order chi connectivity index (χ1) is 9.97. The zero-order chi connectivity index (χ0) is 15.4. The molecule has 0 aliphatic rings. The van der Waals surface area contributed by atoms with Crippen LogP contribution in [0.3, 0.4) is 0 Å². The molecule has 2 N–H and O–H groups in total. The Labute approximate surface area is 125 Å². The van der Waals surface area contributed by atoms with E-state index in [2.05, 4.69) is 0 Å². The first kappa shape index (κ1) is 14.8. The van der Waals surface area contributed by atoms with Crippen molar-refractivity contribution >= 4 is 35.2 Å². The van der Waals surface area contributed by atoms with Crippen LogP contribution in [0.4, 0.5) is 0 Å². The lowest BCUT2D eigenvalue weighted by molar-refractivity contribution is -0.130. The van der Waals surface area contributed by atoms with Crippen LogP contribution in [0, 0.1) is 0 Å². The molecule has 2 aromatic rings. The summed E-state index contributed by atoms with van der Waals surface area (Å²) in [4.78, 5) is 22.1. The Morgan fingerprint density at radius 3 is 1.86 bits per heavy atom. The van der Waals surface area contributed by atoms with Gasteiger partial charge >= 0.3 is 11.9 Å². The lowest BCUT2D eigenvalue weighted by Gasteiger charge is -2.04. The van der Waals surface area contributed by atoms with Crippen molar-refractivity contribution in [1.29, 1.82) is 0 Å². The van der Waals surface area contributed by atoms with Crippen LogP contribution in [0.2, 0.25) is 5.02 Å². The van der Waals surface area contributed by atoms with Crippen molar-refractivity contribution in [2.45, 2.75) is 0 Å². The second-order valence-electron chi connectivity index (χ2n) is 4.30. The quantitative estimate of drug-likeness (QED) is 0.667. The van der Waals surface area contributed by atoms with E-state index >= 15 is 0 Å². The van der Waals surface area contributed by atoms with Crippen LogP contribution in [-0.4, -0.2) is 22.2 Å². The molecule has 5 heteroatoms. The Kier molecular flexibility index (Phi) is 4.40. The molecular formula is C16H11ClO4. The van der Waals surface area contributed by atoms with Crippen LogP contribution in [0.1, 0.15) is 21.5 Å². The maximum atomic E-state index is 11.4. The van der Waals surface area contributed by atoms with Crippen molar-refractivity contribution in [3.63, 3.8) is 0 Å². The smallest absolute Gasteiger partial charge is 0.336 e. The van der Waals surface area contributed by atoms with Crippen LogP contribution in [0.5, 0.6) is 0 Å². The van der Waals surface area contributed by atoms with Crippen molar-refractivity contribution in [1.82, 2.24) is 0 Å². The molecule has 0 aliphatic carbocycles. The summed E-state index contributed by atoms with van der Waals surface area (Å²) in [5.41, 5.74) is 1.38. The van der Waals surface area contributed by atoms with Gasteiger partial charge in [0.2, 0.25) is 0 Å². The van der Waals surface area contributed by atoms with Gasteiger partial charge in [-0.2, -0.15) is 0 Å². The Morgan fingerprint density at radius 1 is 0.857 bits per heavy atom. The zero-order valence-electron chi connectivity index (χ0n) is 10.8. The Morgan fingerprint density at radius 2 is 1.38 bits per heavy atom. The fourth-order valence-corrected chi connectivity index (χ4v) is 1.91. The standard InChI is InChI=1S/C16H11ClO4/c17-13-7-5-11(6-8-13)14(16(20)21)9-10-1-3-12(4-2-10)15(18)19/h1-9H,(H,18,19)(H,20,21)/b14-9-. The van der Waals surface area contributed by atoms with Gasteiger partial charge in [-0.15, -0.1) is 0 Å². The topological polar surface area (TPSA) is 74.6 Å². The number of carbonyl (C=O) groups is 2. The van der Waals surface area contributed by atoms with Crippen LogP contribution in [-0.2, 0) is 4.79 Å². The fourth-order valence-electron chi connectivity index (χ4n) is 1.79. The van der Waals surface area contributed by atoms with E-state index in [0.717, 1.165) is 0 Å². The van der Waals surface area contributed by atoms with Gasteiger partial charge in [0.25, 0.3) is 0 Å². The van der Waals surface area contributed by atoms with Gasteiger partial charge in [-0.05, 0) is 41.5 Å². The number of aliphatic carboxylic acids is 1. The number of carboxylic acid groups (broad SMARTS) is 2. The molecule has 0 fully saturated rings. The second-order valence-corrected chi connectivity index (χ2v) is 4.73. The lowest BCUT2D eigenvalue weighted by atomic mass is 10.0. The third-order valence-electron chi connectivity index (χ3n) is 2.85. The van der Waals surface area contributed by atoms with Crippen LogP contribution >= 0.6 is 11.6 Å². The van der Waals surface area contributed by atoms with Crippen LogP contribution in [0.15, 0.2) is 48.5 Å². The van der Waals surface area contributed by atoms with Gasteiger partial charge in [-0.25, -0.2) is 9.59 Å². The third kappa shape index (κ3) is 3.70. The number of aromatic carboxylic acids is 1. The van der Waals surface area contributed by atoms with E-state index in [1.807, 2.05) is 0 Å². The maximum absolute atomic E-state index is 11.4. The van der Waals surface area contributed by atoms with Gasteiger partial charge in [0, 0.05) is 5.02 Å². The Bertz CT molecular complexity index is 700. The number of benzene rings is 2. The lowest BCUT2D eigenvalue weighted by Crippen LogP contribution is -2.00. The van der Waals surface area contributed by atoms with E-state index in [4.69, 9.17) is 16.7 Å². The average Bonchev–Trinajstić information content (AvgIpc) is 2.46. The van der Waals surface area contributed by atoms with E-state index in [9.17, 15) is 14.7 Å². The van der Waals surface area contributed by atoms with Gasteiger partial charge in [0.05, 0.1) is 11.1 Å². The molecule has 0 aliphatic heterocycles. The molecule has 0 atom stereocenters. The predicted octanol–water partition coefficient (Wildman–Crippen LogP) is 3.66. The largest absolute Gasteiger partial charge is 0.478 e.